The number of thioether (sulfide) groups is 1. The van der Waals surface area contributed by atoms with Crippen LogP contribution in [-0.2, 0) is 9.59 Å². The quantitative estimate of drug-likeness (QED) is 0.121. The fraction of sp³-hybridized carbons (Fsp3) is 0.147. The molecule has 3 N–H and O–H groups in total. The number of hydrogen-bond acceptors (Lipinski definition) is 4. The lowest BCUT2D eigenvalue weighted by Crippen LogP contribution is -2.30. The molecule has 42 heavy (non-hydrogen) atoms. The van der Waals surface area contributed by atoms with E-state index in [0.717, 1.165) is 31.7 Å². The largest absolute Gasteiger partial charge is 0.325 e. The molecular formula is C34H32BrN3O3S. The summed E-state index contributed by atoms with van der Waals surface area (Å²) in [5.41, 5.74) is 4.69. The summed E-state index contributed by atoms with van der Waals surface area (Å²) >= 11 is 4.89. The Balaban J connectivity index is 1.51. The van der Waals surface area contributed by atoms with Crippen molar-refractivity contribution < 1.29 is 14.4 Å². The Morgan fingerprint density at radius 1 is 0.833 bits per heavy atom. The number of carbonyl (C=O) groups excluding carboxylic acids is 3. The summed E-state index contributed by atoms with van der Waals surface area (Å²) < 4.78 is 0.849. The Labute approximate surface area is 259 Å². The van der Waals surface area contributed by atoms with E-state index in [1.807, 2.05) is 87.5 Å². The van der Waals surface area contributed by atoms with Crippen LogP contribution < -0.4 is 16.0 Å². The van der Waals surface area contributed by atoms with Crippen LogP contribution in [-0.4, -0.2) is 23.0 Å². The normalized spacial score (nSPS) is 11.9. The highest BCUT2D eigenvalue weighted by Crippen LogP contribution is 2.30. The second-order valence-corrected chi connectivity index (χ2v) is 11.9. The van der Waals surface area contributed by atoms with Crippen molar-refractivity contribution in [3.8, 4) is 0 Å². The smallest absolute Gasteiger partial charge is 0.272 e. The van der Waals surface area contributed by atoms with Gasteiger partial charge in [-0.15, -0.1) is 11.8 Å². The maximum absolute atomic E-state index is 13.5. The molecule has 0 aliphatic heterocycles. The Hall–Kier alpha value is -4.14. The second-order valence-electron chi connectivity index (χ2n) is 9.69. The van der Waals surface area contributed by atoms with Crippen molar-refractivity contribution in [3.63, 3.8) is 0 Å². The molecule has 1 unspecified atom stereocenters. The van der Waals surface area contributed by atoms with Crippen LogP contribution in [0.3, 0.4) is 0 Å². The van der Waals surface area contributed by atoms with Gasteiger partial charge in [-0.2, -0.15) is 0 Å². The van der Waals surface area contributed by atoms with Crippen LogP contribution in [0.2, 0.25) is 0 Å². The van der Waals surface area contributed by atoms with E-state index in [2.05, 4.69) is 31.9 Å². The van der Waals surface area contributed by atoms with E-state index in [4.69, 9.17) is 0 Å². The summed E-state index contributed by atoms with van der Waals surface area (Å²) in [4.78, 5) is 40.4. The number of aryl methyl sites for hydroxylation is 2. The van der Waals surface area contributed by atoms with Gasteiger partial charge in [0, 0.05) is 26.3 Å². The molecule has 0 aliphatic rings. The van der Waals surface area contributed by atoms with Gasteiger partial charge in [0.25, 0.3) is 11.8 Å². The van der Waals surface area contributed by atoms with Crippen molar-refractivity contribution in [2.75, 3.05) is 10.6 Å². The SMILES string of the molecule is CCC(Sc1cccc(NC(=O)/C(=C\c2cccc(Br)c2)NC(=O)c2ccccc2)c1)C(=O)Nc1c(C)cccc1C. The number of rotatable bonds is 10. The first-order chi connectivity index (χ1) is 20.2. The molecule has 0 fully saturated rings. The minimum Gasteiger partial charge on any atom is -0.325 e. The van der Waals surface area contributed by atoms with E-state index in [0.29, 0.717) is 17.7 Å². The molecule has 0 bridgehead atoms. The Morgan fingerprint density at radius 3 is 2.21 bits per heavy atom. The lowest BCUT2D eigenvalue weighted by atomic mass is 10.1. The summed E-state index contributed by atoms with van der Waals surface area (Å²) in [5, 5.41) is 8.43. The van der Waals surface area contributed by atoms with Crippen LogP contribution in [0.1, 0.15) is 40.4 Å². The van der Waals surface area contributed by atoms with Gasteiger partial charge in [0.1, 0.15) is 5.70 Å². The Bertz CT molecular complexity index is 1600. The molecular weight excluding hydrogens is 610 g/mol. The summed E-state index contributed by atoms with van der Waals surface area (Å²) in [6.07, 6.45) is 2.26. The van der Waals surface area contributed by atoms with Gasteiger partial charge in [0.2, 0.25) is 5.91 Å². The first-order valence-corrected chi connectivity index (χ1v) is 15.2. The molecule has 4 aromatic rings. The number of para-hydroxylation sites is 1. The lowest BCUT2D eigenvalue weighted by Gasteiger charge is -2.18. The van der Waals surface area contributed by atoms with Crippen LogP contribution in [0, 0.1) is 13.8 Å². The van der Waals surface area contributed by atoms with Gasteiger partial charge >= 0.3 is 0 Å². The molecule has 4 aromatic carbocycles. The van der Waals surface area contributed by atoms with E-state index in [1.165, 1.54) is 11.8 Å². The lowest BCUT2D eigenvalue weighted by molar-refractivity contribution is -0.116. The van der Waals surface area contributed by atoms with Gasteiger partial charge in [-0.3, -0.25) is 14.4 Å². The molecule has 0 radical (unpaired) electrons. The van der Waals surface area contributed by atoms with E-state index < -0.39 is 11.8 Å². The molecule has 0 saturated carbocycles. The van der Waals surface area contributed by atoms with Crippen LogP contribution in [0.4, 0.5) is 11.4 Å². The number of amides is 3. The van der Waals surface area contributed by atoms with Gasteiger partial charge < -0.3 is 16.0 Å². The monoisotopic (exact) mass is 641 g/mol. The van der Waals surface area contributed by atoms with Crippen LogP contribution in [0.15, 0.2) is 112 Å². The molecule has 0 saturated heterocycles. The highest BCUT2D eigenvalue weighted by atomic mass is 79.9. The average Bonchev–Trinajstić information content (AvgIpc) is 2.98. The third kappa shape index (κ3) is 8.44. The fourth-order valence-corrected chi connectivity index (χ4v) is 5.68. The Kier molecular flexibility index (Phi) is 10.8. The van der Waals surface area contributed by atoms with E-state index in [1.54, 1.807) is 36.4 Å². The number of hydrogen-bond donors (Lipinski definition) is 3. The second kappa shape index (κ2) is 14.7. The number of nitrogens with one attached hydrogen (secondary N) is 3. The summed E-state index contributed by atoms with van der Waals surface area (Å²) in [7, 11) is 0. The highest BCUT2D eigenvalue weighted by molar-refractivity contribution is 9.10. The van der Waals surface area contributed by atoms with Crippen LogP contribution in [0.5, 0.6) is 0 Å². The molecule has 6 nitrogen and oxygen atoms in total. The average molecular weight is 643 g/mol. The maximum atomic E-state index is 13.5. The molecule has 0 aromatic heterocycles. The van der Waals surface area contributed by atoms with Crippen molar-refractivity contribution in [2.24, 2.45) is 0 Å². The molecule has 0 heterocycles. The molecule has 214 valence electrons. The van der Waals surface area contributed by atoms with Gasteiger partial charge in [0.15, 0.2) is 0 Å². The zero-order chi connectivity index (χ0) is 30.1. The Morgan fingerprint density at radius 2 is 1.52 bits per heavy atom. The van der Waals surface area contributed by atoms with Crippen molar-refractivity contribution >= 4 is 62.9 Å². The molecule has 8 heteroatoms. The van der Waals surface area contributed by atoms with Gasteiger partial charge in [-0.1, -0.05) is 77.5 Å². The van der Waals surface area contributed by atoms with Gasteiger partial charge in [0.05, 0.1) is 5.25 Å². The minimum atomic E-state index is -0.471. The van der Waals surface area contributed by atoms with Crippen LogP contribution in [0.25, 0.3) is 6.08 Å². The summed E-state index contributed by atoms with van der Waals surface area (Å²) in [5.74, 6) is -0.935. The summed E-state index contributed by atoms with van der Waals surface area (Å²) in [6.45, 7) is 5.93. The number of anilines is 2. The predicted molar refractivity (Wildman–Crippen MR) is 176 cm³/mol. The summed E-state index contributed by atoms with van der Waals surface area (Å²) in [6, 6.07) is 29.4. The topological polar surface area (TPSA) is 87.3 Å². The molecule has 3 amide bonds. The third-order valence-corrected chi connectivity index (χ3v) is 8.30. The standard InChI is InChI=1S/C34H32BrN3O3S/c1-4-30(34(41)38-31-22(2)11-8-12-23(31)3)42-28-18-10-17-27(21-28)36-33(40)29(20-24-13-9-16-26(35)19-24)37-32(39)25-14-6-5-7-15-25/h5-21,30H,4H2,1-3H3,(H,36,40)(H,37,39)(H,38,41)/b29-20+. The predicted octanol–water partition coefficient (Wildman–Crippen LogP) is 7.98. The number of halogens is 1. The van der Waals surface area contributed by atoms with Crippen molar-refractivity contribution in [1.29, 1.82) is 0 Å². The van der Waals surface area contributed by atoms with Crippen molar-refractivity contribution in [3.05, 3.63) is 129 Å². The van der Waals surface area contributed by atoms with Crippen LogP contribution >= 0.6 is 27.7 Å². The van der Waals surface area contributed by atoms with E-state index in [9.17, 15) is 14.4 Å². The van der Waals surface area contributed by atoms with Gasteiger partial charge in [-0.05, 0) is 85.5 Å². The third-order valence-electron chi connectivity index (χ3n) is 6.45. The molecule has 4 rings (SSSR count). The molecule has 0 aliphatic carbocycles. The zero-order valence-corrected chi connectivity index (χ0v) is 26.0. The van der Waals surface area contributed by atoms with E-state index >= 15 is 0 Å². The maximum Gasteiger partial charge on any atom is 0.272 e. The number of carbonyl (C=O) groups is 3. The number of benzene rings is 4. The molecule has 0 spiro atoms. The van der Waals surface area contributed by atoms with Crippen molar-refractivity contribution in [2.45, 2.75) is 37.3 Å². The first-order valence-electron chi connectivity index (χ1n) is 13.5. The highest BCUT2D eigenvalue weighted by Gasteiger charge is 2.20. The van der Waals surface area contributed by atoms with E-state index in [-0.39, 0.29) is 16.9 Å². The van der Waals surface area contributed by atoms with Crippen molar-refractivity contribution in [1.82, 2.24) is 5.32 Å². The first kappa shape index (κ1) is 30.8. The fourth-order valence-electron chi connectivity index (χ4n) is 4.25. The minimum absolute atomic E-state index is 0.0720. The zero-order valence-electron chi connectivity index (χ0n) is 23.6. The van der Waals surface area contributed by atoms with Gasteiger partial charge in [-0.25, -0.2) is 0 Å². The molecule has 1 atom stereocenters.